The fourth-order valence-electron chi connectivity index (χ4n) is 2.63. The van der Waals surface area contributed by atoms with Crippen LogP contribution in [0.3, 0.4) is 0 Å². The number of hydrogen-bond donors (Lipinski definition) is 2. The summed E-state index contributed by atoms with van der Waals surface area (Å²) in [4.78, 5) is 12.5. The molecule has 0 fully saturated rings. The number of carbonyl (C=O) groups excluding carboxylic acids is 1. The van der Waals surface area contributed by atoms with E-state index in [0.717, 1.165) is 0 Å². The third kappa shape index (κ3) is 3.83. The van der Waals surface area contributed by atoms with E-state index in [2.05, 4.69) is 0 Å². The molecule has 140 valence electrons. The molecule has 26 heavy (non-hydrogen) atoms. The minimum atomic E-state index is -0.519. The first-order valence-electron chi connectivity index (χ1n) is 7.82. The van der Waals surface area contributed by atoms with Gasteiger partial charge in [0.15, 0.2) is 23.0 Å². The summed E-state index contributed by atoms with van der Waals surface area (Å²) in [6, 6.07) is 3.03. The monoisotopic (exact) mass is 362 g/mol. The van der Waals surface area contributed by atoms with Crippen molar-refractivity contribution >= 4 is 11.9 Å². The molecule has 7 nitrogen and oxygen atoms in total. The van der Waals surface area contributed by atoms with Crippen molar-refractivity contribution in [1.82, 2.24) is 0 Å². The van der Waals surface area contributed by atoms with E-state index in [0.29, 0.717) is 17.1 Å². The van der Waals surface area contributed by atoms with Gasteiger partial charge in [-0.3, -0.25) is 4.79 Å². The summed E-state index contributed by atoms with van der Waals surface area (Å²) in [6.07, 6.45) is 4.14. The number of hydrogen-bond acceptors (Lipinski definition) is 7. The van der Waals surface area contributed by atoms with Crippen LogP contribution in [-0.2, 0) is 19.0 Å². The van der Waals surface area contributed by atoms with E-state index < -0.39 is 6.10 Å². The molecule has 0 heterocycles. The second-order valence-corrected chi connectivity index (χ2v) is 5.47. The number of phenolic OH excluding ortho intramolecular Hbond substituents is 2. The van der Waals surface area contributed by atoms with Crippen molar-refractivity contribution < 1.29 is 34.0 Å². The van der Waals surface area contributed by atoms with Crippen LogP contribution in [0.25, 0.3) is 6.08 Å². The number of allylic oxidation sites excluding steroid dienone is 2. The maximum absolute atomic E-state index is 12.5. The highest BCUT2D eigenvalue weighted by Gasteiger charge is 2.27. The fourth-order valence-corrected chi connectivity index (χ4v) is 2.63. The number of ketones is 1. The predicted molar refractivity (Wildman–Crippen MR) is 94.9 cm³/mol. The summed E-state index contributed by atoms with van der Waals surface area (Å²) >= 11 is 0. The van der Waals surface area contributed by atoms with Gasteiger partial charge in [-0.2, -0.15) is 0 Å². The standard InChI is InChI=1S/C19H22O7/c1-23-14-8-6-11(17(21)18(14)22)5-7-13(20)12-9-15(24-2)19(26-4)16(10-12)25-3/h5-9,15,21-22H,10H2,1-4H3. The Hall–Kier alpha value is -2.93. The molecule has 1 aromatic rings. The maximum Gasteiger partial charge on any atom is 0.201 e. The van der Waals surface area contributed by atoms with Crippen LogP contribution in [0, 0.1) is 0 Å². The number of ether oxygens (including phenoxy) is 4. The van der Waals surface area contributed by atoms with Crippen molar-refractivity contribution in [3.8, 4) is 17.2 Å². The Morgan fingerprint density at radius 3 is 2.38 bits per heavy atom. The third-order valence-electron chi connectivity index (χ3n) is 4.05. The van der Waals surface area contributed by atoms with E-state index in [-0.39, 0.29) is 35.0 Å². The molecule has 0 bridgehead atoms. The molecule has 0 aromatic heterocycles. The Labute approximate surface area is 151 Å². The van der Waals surface area contributed by atoms with Crippen LogP contribution in [-0.4, -0.2) is 50.5 Å². The number of carbonyl (C=O) groups is 1. The molecule has 0 spiro atoms. The van der Waals surface area contributed by atoms with Gasteiger partial charge in [0.25, 0.3) is 0 Å². The van der Waals surface area contributed by atoms with Gasteiger partial charge in [0.1, 0.15) is 11.9 Å². The molecule has 1 aliphatic carbocycles. The molecule has 2 rings (SSSR count). The largest absolute Gasteiger partial charge is 0.504 e. The summed E-state index contributed by atoms with van der Waals surface area (Å²) in [5.41, 5.74) is 0.763. The van der Waals surface area contributed by atoms with Gasteiger partial charge in [-0.25, -0.2) is 0 Å². The molecule has 1 unspecified atom stereocenters. The van der Waals surface area contributed by atoms with Crippen LogP contribution in [0.5, 0.6) is 17.2 Å². The Kier molecular flexibility index (Phi) is 6.30. The summed E-state index contributed by atoms with van der Waals surface area (Å²) < 4.78 is 20.8. The molecule has 1 aromatic carbocycles. The zero-order valence-electron chi connectivity index (χ0n) is 15.1. The lowest BCUT2D eigenvalue weighted by molar-refractivity contribution is -0.111. The van der Waals surface area contributed by atoms with Gasteiger partial charge in [0.05, 0.1) is 21.3 Å². The van der Waals surface area contributed by atoms with Crippen LogP contribution in [0.4, 0.5) is 0 Å². The first kappa shape index (κ1) is 19.4. The molecule has 0 saturated carbocycles. The van der Waals surface area contributed by atoms with E-state index in [1.165, 1.54) is 52.7 Å². The number of methoxy groups -OCH3 is 4. The lowest BCUT2D eigenvalue weighted by Crippen LogP contribution is -2.22. The first-order valence-corrected chi connectivity index (χ1v) is 7.82. The molecule has 7 heteroatoms. The normalized spacial score (nSPS) is 17.2. The van der Waals surface area contributed by atoms with Crippen LogP contribution in [0.15, 0.2) is 41.4 Å². The molecule has 0 radical (unpaired) electrons. The van der Waals surface area contributed by atoms with Crippen molar-refractivity contribution in [1.29, 1.82) is 0 Å². The third-order valence-corrected chi connectivity index (χ3v) is 4.05. The topological polar surface area (TPSA) is 94.5 Å². The molecule has 0 saturated heterocycles. The SMILES string of the molecule is COC1=C(OC)C(OC)C=C(C(=O)C=Cc2ccc(OC)c(O)c2O)C1. The van der Waals surface area contributed by atoms with E-state index in [4.69, 9.17) is 18.9 Å². The number of rotatable bonds is 7. The highest BCUT2D eigenvalue weighted by molar-refractivity contribution is 6.07. The second-order valence-electron chi connectivity index (χ2n) is 5.47. The van der Waals surface area contributed by atoms with Crippen molar-refractivity contribution in [2.45, 2.75) is 12.5 Å². The lowest BCUT2D eigenvalue weighted by Gasteiger charge is -2.24. The van der Waals surface area contributed by atoms with Crippen LogP contribution < -0.4 is 4.74 Å². The molecule has 0 amide bonds. The van der Waals surface area contributed by atoms with Gasteiger partial charge in [0, 0.05) is 24.7 Å². The molecule has 1 atom stereocenters. The summed E-state index contributed by atoms with van der Waals surface area (Å²) in [5, 5.41) is 19.8. The van der Waals surface area contributed by atoms with E-state index in [9.17, 15) is 15.0 Å². The average Bonchev–Trinajstić information content (AvgIpc) is 2.67. The van der Waals surface area contributed by atoms with Gasteiger partial charge >= 0.3 is 0 Å². The van der Waals surface area contributed by atoms with Gasteiger partial charge in [-0.1, -0.05) is 0 Å². The maximum atomic E-state index is 12.5. The zero-order chi connectivity index (χ0) is 19.3. The van der Waals surface area contributed by atoms with Crippen LogP contribution in [0.1, 0.15) is 12.0 Å². The Balaban J connectivity index is 2.24. The lowest BCUT2D eigenvalue weighted by atomic mass is 9.96. The van der Waals surface area contributed by atoms with E-state index in [1.54, 1.807) is 6.08 Å². The minimum absolute atomic E-state index is 0.144. The molecular weight excluding hydrogens is 340 g/mol. The zero-order valence-corrected chi connectivity index (χ0v) is 15.1. The quantitative estimate of drug-likeness (QED) is 0.568. The van der Waals surface area contributed by atoms with Crippen LogP contribution >= 0.6 is 0 Å². The van der Waals surface area contributed by atoms with E-state index in [1.807, 2.05) is 0 Å². The Morgan fingerprint density at radius 1 is 1.08 bits per heavy atom. The van der Waals surface area contributed by atoms with Gasteiger partial charge in [-0.15, -0.1) is 0 Å². The predicted octanol–water partition coefficient (Wildman–Crippen LogP) is 2.54. The van der Waals surface area contributed by atoms with Crippen molar-refractivity contribution in [3.05, 3.63) is 46.9 Å². The first-order chi connectivity index (χ1) is 12.5. The summed E-state index contributed by atoms with van der Waals surface area (Å²) in [5.74, 6) is 0.168. The van der Waals surface area contributed by atoms with Crippen molar-refractivity contribution in [2.75, 3.05) is 28.4 Å². The van der Waals surface area contributed by atoms with E-state index >= 15 is 0 Å². The average molecular weight is 362 g/mol. The molecular formula is C19H22O7. The summed E-state index contributed by atoms with van der Waals surface area (Å²) in [6.45, 7) is 0. The van der Waals surface area contributed by atoms with Crippen LogP contribution in [0.2, 0.25) is 0 Å². The highest BCUT2D eigenvalue weighted by atomic mass is 16.5. The van der Waals surface area contributed by atoms with Crippen molar-refractivity contribution in [2.24, 2.45) is 0 Å². The smallest absolute Gasteiger partial charge is 0.201 e. The van der Waals surface area contributed by atoms with Gasteiger partial charge in [0.2, 0.25) is 5.75 Å². The minimum Gasteiger partial charge on any atom is -0.504 e. The van der Waals surface area contributed by atoms with Gasteiger partial charge in [-0.05, 0) is 30.4 Å². The molecule has 2 N–H and O–H groups in total. The Bertz CT molecular complexity index is 774. The summed E-state index contributed by atoms with van der Waals surface area (Å²) in [7, 11) is 5.90. The van der Waals surface area contributed by atoms with Crippen molar-refractivity contribution in [3.63, 3.8) is 0 Å². The fraction of sp³-hybridized carbons (Fsp3) is 0.316. The molecule has 1 aliphatic rings. The second kappa shape index (κ2) is 8.44. The highest BCUT2D eigenvalue weighted by Crippen LogP contribution is 2.38. The number of benzene rings is 1. The Morgan fingerprint density at radius 2 is 1.81 bits per heavy atom. The molecule has 0 aliphatic heterocycles. The van der Waals surface area contributed by atoms with Gasteiger partial charge < -0.3 is 29.2 Å². The number of aromatic hydroxyl groups is 2. The number of phenols is 2.